The van der Waals surface area contributed by atoms with Crippen LogP contribution in [0.1, 0.15) is 99.6 Å². The molecular formula is C25H35NO2. The summed E-state index contributed by atoms with van der Waals surface area (Å²) in [6.07, 6.45) is 15.2. The van der Waals surface area contributed by atoms with Crippen LogP contribution < -0.4 is 0 Å². The average Bonchev–Trinajstić information content (AvgIpc) is 3.26. The van der Waals surface area contributed by atoms with Crippen LogP contribution in [0.15, 0.2) is 18.2 Å². The number of fused-ring (bicyclic) bond motifs is 1. The molecule has 2 aliphatic rings. The Morgan fingerprint density at radius 1 is 0.857 bits per heavy atom. The zero-order valence-corrected chi connectivity index (χ0v) is 17.9. The number of nitrogens with zero attached hydrogens (tertiary/aromatic N) is 1. The lowest BCUT2D eigenvalue weighted by Gasteiger charge is -2.26. The highest BCUT2D eigenvalue weighted by Crippen LogP contribution is 2.43. The lowest BCUT2D eigenvalue weighted by Crippen LogP contribution is -2.33. The number of amides is 2. The number of rotatable bonds is 10. The van der Waals surface area contributed by atoms with Crippen LogP contribution in [0.5, 0.6) is 0 Å². The minimum atomic E-state index is -0.144. The van der Waals surface area contributed by atoms with Gasteiger partial charge >= 0.3 is 0 Å². The first-order valence-electron chi connectivity index (χ1n) is 11.3. The van der Waals surface area contributed by atoms with Crippen LogP contribution in [-0.2, 0) is 35.3 Å². The summed E-state index contributed by atoms with van der Waals surface area (Å²) in [5.41, 5.74) is 7.21. The third-order valence-corrected chi connectivity index (χ3v) is 6.31. The fourth-order valence-corrected chi connectivity index (χ4v) is 4.86. The molecule has 0 saturated carbocycles. The van der Waals surface area contributed by atoms with Gasteiger partial charge in [0.2, 0.25) is 0 Å². The topological polar surface area (TPSA) is 37.4 Å². The predicted octanol–water partition coefficient (Wildman–Crippen LogP) is 5.63. The first kappa shape index (κ1) is 20.8. The second kappa shape index (κ2) is 9.54. The van der Waals surface area contributed by atoms with Gasteiger partial charge in [-0.3, -0.25) is 14.5 Å². The van der Waals surface area contributed by atoms with E-state index in [9.17, 15) is 9.59 Å². The molecule has 1 atom stereocenters. The van der Waals surface area contributed by atoms with Crippen molar-refractivity contribution in [3.63, 3.8) is 0 Å². The number of aryl methyl sites for hydroxylation is 2. The van der Waals surface area contributed by atoms with Gasteiger partial charge in [-0.1, -0.05) is 46.1 Å². The first-order valence-corrected chi connectivity index (χ1v) is 11.3. The molecule has 28 heavy (non-hydrogen) atoms. The van der Waals surface area contributed by atoms with Gasteiger partial charge in [-0.2, -0.15) is 0 Å². The van der Waals surface area contributed by atoms with Crippen LogP contribution in [0.3, 0.4) is 0 Å². The van der Waals surface area contributed by atoms with E-state index in [4.69, 9.17) is 0 Å². The summed E-state index contributed by atoms with van der Waals surface area (Å²) in [5.74, 6) is -0.288. The molecule has 1 aromatic rings. The summed E-state index contributed by atoms with van der Waals surface area (Å²) in [6, 6.07) is 2.36. The van der Waals surface area contributed by atoms with E-state index in [1.165, 1.54) is 70.6 Å². The fourth-order valence-electron chi connectivity index (χ4n) is 4.86. The van der Waals surface area contributed by atoms with Crippen LogP contribution in [0.4, 0.5) is 0 Å². The molecule has 0 fully saturated rings. The third kappa shape index (κ3) is 4.09. The Bertz CT molecular complexity index is 744. The number of carbonyl (C=O) groups is 2. The minimum absolute atomic E-state index is 0.0718. The molecule has 3 rings (SSSR count). The van der Waals surface area contributed by atoms with Crippen LogP contribution in [0, 0.1) is 0 Å². The normalized spacial score (nSPS) is 18.4. The van der Waals surface area contributed by atoms with Gasteiger partial charge in [0.05, 0.1) is 6.04 Å². The summed E-state index contributed by atoms with van der Waals surface area (Å²) >= 11 is 0. The van der Waals surface area contributed by atoms with Crippen molar-refractivity contribution in [3.05, 3.63) is 46.0 Å². The Morgan fingerprint density at radius 2 is 1.43 bits per heavy atom. The van der Waals surface area contributed by atoms with E-state index in [0.717, 1.165) is 44.9 Å². The lowest BCUT2D eigenvalue weighted by molar-refractivity contribution is -0.139. The molecule has 152 valence electrons. The van der Waals surface area contributed by atoms with Gasteiger partial charge in [0.15, 0.2) is 0 Å². The van der Waals surface area contributed by atoms with Crippen molar-refractivity contribution in [1.29, 1.82) is 0 Å². The van der Waals surface area contributed by atoms with Gasteiger partial charge in [-0.25, -0.2) is 0 Å². The van der Waals surface area contributed by atoms with Crippen molar-refractivity contribution >= 4 is 11.8 Å². The maximum atomic E-state index is 12.4. The molecule has 1 aromatic carbocycles. The van der Waals surface area contributed by atoms with E-state index in [-0.39, 0.29) is 17.9 Å². The smallest absolute Gasteiger partial charge is 0.254 e. The van der Waals surface area contributed by atoms with E-state index in [1.807, 2.05) is 0 Å². The second-order valence-electron chi connectivity index (χ2n) is 8.31. The zero-order chi connectivity index (χ0) is 20.1. The second-order valence-corrected chi connectivity index (χ2v) is 8.31. The summed E-state index contributed by atoms with van der Waals surface area (Å²) < 4.78 is 0. The monoisotopic (exact) mass is 381 g/mol. The van der Waals surface area contributed by atoms with Crippen molar-refractivity contribution in [2.24, 2.45) is 0 Å². The van der Waals surface area contributed by atoms with Crippen LogP contribution in [0.25, 0.3) is 0 Å². The van der Waals surface area contributed by atoms with Gasteiger partial charge in [0, 0.05) is 12.2 Å². The molecule has 0 unspecified atom stereocenters. The molecule has 1 aliphatic heterocycles. The maximum absolute atomic E-state index is 12.4. The number of benzene rings is 1. The lowest BCUT2D eigenvalue weighted by atomic mass is 9.86. The van der Waals surface area contributed by atoms with Gasteiger partial charge in [-0.05, 0) is 79.2 Å². The quantitative estimate of drug-likeness (QED) is 0.493. The number of carbonyl (C=O) groups excluding carboxylic acids is 2. The summed E-state index contributed by atoms with van der Waals surface area (Å²) in [7, 11) is 0. The number of hydrogen-bond donors (Lipinski definition) is 0. The molecular weight excluding hydrogens is 346 g/mol. The van der Waals surface area contributed by atoms with Crippen molar-refractivity contribution < 1.29 is 9.59 Å². The summed E-state index contributed by atoms with van der Waals surface area (Å²) in [4.78, 5) is 26.3. The zero-order valence-electron chi connectivity index (χ0n) is 17.9. The first-order chi connectivity index (χ1) is 13.6. The Morgan fingerprint density at radius 3 is 2.04 bits per heavy atom. The molecule has 0 spiro atoms. The molecule has 3 heteroatoms. The Labute approximate surface area is 170 Å². The standard InChI is InChI=1S/C25H35NO2/c1-4-7-10-18-17-19(11-8-5-2)25-21(20(18)12-9-6-3)13-14-22(25)26-23(27)15-16-24(26)28/h15-17,22H,4-14H2,1-3H3/t22-/m0/s1. The minimum Gasteiger partial charge on any atom is -0.269 e. The van der Waals surface area contributed by atoms with Crippen LogP contribution >= 0.6 is 0 Å². The Hall–Kier alpha value is -1.90. The molecule has 3 nitrogen and oxygen atoms in total. The van der Waals surface area contributed by atoms with Crippen molar-refractivity contribution in [2.45, 2.75) is 97.4 Å². The molecule has 2 amide bonds. The van der Waals surface area contributed by atoms with Gasteiger partial charge in [0.25, 0.3) is 11.8 Å². The van der Waals surface area contributed by atoms with E-state index < -0.39 is 0 Å². The van der Waals surface area contributed by atoms with E-state index in [1.54, 1.807) is 0 Å². The van der Waals surface area contributed by atoms with E-state index >= 15 is 0 Å². The van der Waals surface area contributed by atoms with Crippen molar-refractivity contribution in [3.8, 4) is 0 Å². The molecule has 0 saturated heterocycles. The van der Waals surface area contributed by atoms with Gasteiger partial charge in [-0.15, -0.1) is 0 Å². The fraction of sp³-hybridized carbons (Fsp3) is 0.600. The highest BCUT2D eigenvalue weighted by molar-refractivity contribution is 6.13. The Kier molecular flexibility index (Phi) is 7.09. The average molecular weight is 382 g/mol. The van der Waals surface area contributed by atoms with Crippen molar-refractivity contribution in [1.82, 2.24) is 4.90 Å². The van der Waals surface area contributed by atoms with Gasteiger partial charge in [0.1, 0.15) is 0 Å². The third-order valence-electron chi connectivity index (χ3n) is 6.31. The highest BCUT2D eigenvalue weighted by Gasteiger charge is 2.38. The largest absolute Gasteiger partial charge is 0.269 e. The summed E-state index contributed by atoms with van der Waals surface area (Å²) in [5, 5.41) is 0. The number of unbranched alkanes of at least 4 members (excludes halogenated alkanes) is 3. The molecule has 0 aromatic heterocycles. The molecule has 0 radical (unpaired) electrons. The highest BCUT2D eigenvalue weighted by atomic mass is 16.2. The van der Waals surface area contributed by atoms with E-state index in [2.05, 4.69) is 26.8 Å². The molecule has 0 N–H and O–H groups in total. The number of imide groups is 1. The van der Waals surface area contributed by atoms with Crippen LogP contribution in [0.2, 0.25) is 0 Å². The molecule has 1 aliphatic carbocycles. The Balaban J connectivity index is 2.07. The maximum Gasteiger partial charge on any atom is 0.254 e. The van der Waals surface area contributed by atoms with Crippen molar-refractivity contribution in [2.75, 3.05) is 0 Å². The molecule has 1 heterocycles. The summed E-state index contributed by atoms with van der Waals surface area (Å²) in [6.45, 7) is 6.73. The predicted molar refractivity (Wildman–Crippen MR) is 114 cm³/mol. The SMILES string of the molecule is CCCCc1cc(CCCC)c2c(c1CCCC)CC[C@@H]2N1C(=O)C=CC1=O. The van der Waals surface area contributed by atoms with Crippen LogP contribution in [-0.4, -0.2) is 16.7 Å². The van der Waals surface area contributed by atoms with Gasteiger partial charge < -0.3 is 0 Å². The molecule has 0 bridgehead atoms. The number of hydrogen-bond acceptors (Lipinski definition) is 2. The van der Waals surface area contributed by atoms with E-state index in [0.29, 0.717) is 0 Å².